The highest BCUT2D eigenvalue weighted by Gasteiger charge is 2.69. The van der Waals surface area contributed by atoms with Gasteiger partial charge in [-0.1, -0.05) is 23.2 Å². The Morgan fingerprint density at radius 2 is 2.00 bits per heavy atom. The predicted octanol–water partition coefficient (Wildman–Crippen LogP) is 3.76. The van der Waals surface area contributed by atoms with E-state index >= 15 is 0 Å². The van der Waals surface area contributed by atoms with Crippen LogP contribution in [0.4, 0.5) is 5.82 Å². The number of hydrogen-bond acceptors (Lipinski definition) is 4. The maximum atomic E-state index is 11.8. The van der Waals surface area contributed by atoms with E-state index in [1.165, 1.54) is 6.20 Å². The minimum Gasteiger partial charge on any atom is -0.455 e. The number of carbonyl (C=O) groups is 2. The average molecular weight is 386 g/mol. The van der Waals surface area contributed by atoms with Crippen LogP contribution in [0.1, 0.15) is 18.9 Å². The molecule has 0 bridgehead atoms. The Balaban J connectivity index is 1.92. The third kappa shape index (κ3) is 3.27. The van der Waals surface area contributed by atoms with Crippen LogP contribution in [0.5, 0.6) is 0 Å². The van der Waals surface area contributed by atoms with E-state index in [-0.39, 0.29) is 17.3 Å². The smallest absolute Gasteiger partial charge is 0.315 e. The number of anilines is 1. The van der Waals surface area contributed by atoms with Crippen LogP contribution in [0, 0.1) is 12.3 Å². The van der Waals surface area contributed by atoms with Crippen molar-refractivity contribution in [2.24, 2.45) is 5.41 Å². The maximum Gasteiger partial charge on any atom is 0.315 e. The van der Waals surface area contributed by atoms with Crippen molar-refractivity contribution in [1.29, 1.82) is 0 Å². The number of amides is 1. The lowest BCUT2D eigenvalue weighted by atomic mass is 10.1. The summed E-state index contributed by atoms with van der Waals surface area (Å²) < 4.78 is 3.78. The molecule has 1 aromatic rings. The van der Waals surface area contributed by atoms with Crippen molar-refractivity contribution in [3.05, 3.63) is 21.8 Å². The number of hydrogen-bond donors (Lipinski definition) is 1. The van der Waals surface area contributed by atoms with Gasteiger partial charge in [-0.3, -0.25) is 9.59 Å². The summed E-state index contributed by atoms with van der Waals surface area (Å²) in [5, 5.41) is 3.05. The number of esters is 1. The van der Waals surface area contributed by atoms with Crippen LogP contribution in [0.25, 0.3) is 0 Å². The first-order valence-electron chi connectivity index (χ1n) is 6.24. The molecule has 1 fully saturated rings. The SMILES string of the molecule is Cc1c(Cl)cnc(NC(=O)COC(=O)C2(C)CC2(Cl)Cl)c1Cl. The van der Waals surface area contributed by atoms with E-state index in [2.05, 4.69) is 10.3 Å². The minimum absolute atomic E-state index is 0.145. The molecule has 0 aromatic carbocycles. The van der Waals surface area contributed by atoms with E-state index in [0.717, 1.165) is 0 Å². The molecular formula is C13H12Cl4N2O3. The summed E-state index contributed by atoms with van der Waals surface area (Å²) in [5.41, 5.74) is -0.395. The van der Waals surface area contributed by atoms with Crippen molar-refractivity contribution in [3.8, 4) is 0 Å². The molecule has 1 amide bonds. The number of nitrogens with one attached hydrogen (secondary N) is 1. The summed E-state index contributed by atoms with van der Waals surface area (Å²) in [6, 6.07) is 0. The molecule has 0 aliphatic heterocycles. The van der Waals surface area contributed by atoms with E-state index in [1.54, 1.807) is 13.8 Å². The van der Waals surface area contributed by atoms with E-state index < -0.39 is 28.2 Å². The molecule has 1 atom stereocenters. The highest BCUT2D eigenvalue weighted by atomic mass is 35.5. The molecule has 2 rings (SSSR count). The van der Waals surface area contributed by atoms with Gasteiger partial charge in [0.1, 0.15) is 9.75 Å². The second-order valence-corrected chi connectivity index (χ2v) is 7.50. The van der Waals surface area contributed by atoms with Gasteiger partial charge in [-0.2, -0.15) is 0 Å². The lowest BCUT2D eigenvalue weighted by Gasteiger charge is -2.12. The standard InChI is InChI=1S/C13H12Cl4N2O3/c1-6-7(14)3-18-10(9(6)15)19-8(20)4-22-11(21)12(2)5-13(12,16)17/h3H,4-5H2,1-2H3,(H,18,19,20). The zero-order chi connectivity index (χ0) is 16.7. The Morgan fingerprint density at radius 1 is 1.41 bits per heavy atom. The monoisotopic (exact) mass is 384 g/mol. The van der Waals surface area contributed by atoms with Crippen LogP contribution in [0.15, 0.2) is 6.20 Å². The molecule has 1 aliphatic rings. The van der Waals surface area contributed by atoms with Gasteiger partial charge in [0.25, 0.3) is 5.91 Å². The normalized spacial score (nSPS) is 22.1. The summed E-state index contributed by atoms with van der Waals surface area (Å²) in [7, 11) is 0. The Kier molecular flexibility index (Phi) is 4.83. The molecule has 0 radical (unpaired) electrons. The van der Waals surface area contributed by atoms with Gasteiger partial charge in [0.15, 0.2) is 12.4 Å². The largest absolute Gasteiger partial charge is 0.455 e. The zero-order valence-corrected chi connectivity index (χ0v) is 14.7. The lowest BCUT2D eigenvalue weighted by Crippen LogP contribution is -2.27. The maximum absolute atomic E-state index is 11.8. The van der Waals surface area contributed by atoms with Gasteiger partial charge in [-0.05, 0) is 19.4 Å². The molecule has 9 heteroatoms. The summed E-state index contributed by atoms with van der Waals surface area (Å²) in [5.74, 6) is -1.06. The van der Waals surface area contributed by atoms with Crippen LogP contribution < -0.4 is 5.32 Å². The highest BCUT2D eigenvalue weighted by Crippen LogP contribution is 2.64. The first kappa shape index (κ1) is 17.6. The van der Waals surface area contributed by atoms with Crippen LogP contribution in [0.2, 0.25) is 10.0 Å². The quantitative estimate of drug-likeness (QED) is 0.632. The van der Waals surface area contributed by atoms with Gasteiger partial charge >= 0.3 is 5.97 Å². The predicted molar refractivity (Wildman–Crippen MR) is 85.7 cm³/mol. The van der Waals surface area contributed by atoms with Crippen LogP contribution in [-0.2, 0) is 14.3 Å². The number of carbonyl (C=O) groups excluding carboxylic acids is 2. The molecule has 120 valence electrons. The Bertz CT molecular complexity index is 650. The molecular weight excluding hydrogens is 374 g/mol. The van der Waals surface area contributed by atoms with E-state index in [1.807, 2.05) is 0 Å². The molecule has 1 saturated carbocycles. The van der Waals surface area contributed by atoms with Crippen molar-refractivity contribution in [2.45, 2.75) is 24.6 Å². The molecule has 5 nitrogen and oxygen atoms in total. The third-order valence-electron chi connectivity index (χ3n) is 3.50. The number of alkyl halides is 2. The van der Waals surface area contributed by atoms with Gasteiger partial charge in [0, 0.05) is 12.6 Å². The molecule has 0 saturated heterocycles. The van der Waals surface area contributed by atoms with E-state index in [9.17, 15) is 9.59 Å². The van der Waals surface area contributed by atoms with Crippen LogP contribution >= 0.6 is 46.4 Å². The topological polar surface area (TPSA) is 68.3 Å². The fourth-order valence-corrected chi connectivity index (χ4v) is 2.80. The molecule has 1 aliphatic carbocycles. The number of halogens is 4. The molecule has 0 spiro atoms. The van der Waals surface area contributed by atoms with Crippen molar-refractivity contribution >= 4 is 64.1 Å². The Hall–Kier alpha value is -0.750. The van der Waals surface area contributed by atoms with Crippen LogP contribution in [-0.4, -0.2) is 27.8 Å². The van der Waals surface area contributed by atoms with E-state index in [0.29, 0.717) is 10.6 Å². The van der Waals surface area contributed by atoms with Gasteiger partial charge in [-0.15, -0.1) is 23.2 Å². The van der Waals surface area contributed by atoms with Crippen LogP contribution in [0.3, 0.4) is 0 Å². The highest BCUT2D eigenvalue weighted by molar-refractivity contribution is 6.53. The summed E-state index contributed by atoms with van der Waals surface area (Å²) in [6.07, 6.45) is 1.65. The van der Waals surface area contributed by atoms with E-state index in [4.69, 9.17) is 51.1 Å². The molecule has 1 N–H and O–H groups in total. The summed E-state index contributed by atoms with van der Waals surface area (Å²) in [4.78, 5) is 27.5. The average Bonchev–Trinajstić information content (AvgIpc) is 2.97. The van der Waals surface area contributed by atoms with Crippen molar-refractivity contribution in [1.82, 2.24) is 4.98 Å². The molecule has 1 aromatic heterocycles. The van der Waals surface area contributed by atoms with Gasteiger partial charge in [-0.25, -0.2) is 4.98 Å². The lowest BCUT2D eigenvalue weighted by molar-refractivity contribution is -0.152. The summed E-state index contributed by atoms with van der Waals surface area (Å²) in [6.45, 7) is 2.78. The molecule has 1 unspecified atom stereocenters. The zero-order valence-electron chi connectivity index (χ0n) is 11.7. The van der Waals surface area contributed by atoms with Crippen molar-refractivity contribution < 1.29 is 14.3 Å². The van der Waals surface area contributed by atoms with Gasteiger partial charge < -0.3 is 10.1 Å². The van der Waals surface area contributed by atoms with Gasteiger partial charge in [0.2, 0.25) is 0 Å². The second kappa shape index (κ2) is 6.04. The number of nitrogens with zero attached hydrogens (tertiary/aromatic N) is 1. The van der Waals surface area contributed by atoms with Gasteiger partial charge in [0.05, 0.1) is 10.0 Å². The van der Waals surface area contributed by atoms with Crippen molar-refractivity contribution in [3.63, 3.8) is 0 Å². The van der Waals surface area contributed by atoms with Crippen molar-refractivity contribution in [2.75, 3.05) is 11.9 Å². The first-order valence-corrected chi connectivity index (χ1v) is 7.75. The number of rotatable bonds is 4. The number of pyridine rings is 1. The fraction of sp³-hybridized carbons (Fsp3) is 0.462. The Morgan fingerprint density at radius 3 is 2.55 bits per heavy atom. The minimum atomic E-state index is -1.14. The Labute approximate surface area is 147 Å². The number of ether oxygens (including phenoxy) is 1. The summed E-state index contributed by atoms with van der Waals surface area (Å²) >= 11 is 23.6. The third-order valence-corrected chi connectivity index (χ3v) is 5.45. The number of aromatic nitrogens is 1. The first-order chi connectivity index (χ1) is 10.1. The molecule has 22 heavy (non-hydrogen) atoms. The molecule has 1 heterocycles. The fourth-order valence-electron chi connectivity index (χ4n) is 1.72. The second-order valence-electron chi connectivity index (χ2n) is 5.23.